The summed E-state index contributed by atoms with van der Waals surface area (Å²) in [4.78, 5) is 24.2. The van der Waals surface area contributed by atoms with Crippen LogP contribution in [-0.4, -0.2) is 37.7 Å². The van der Waals surface area contributed by atoms with Gasteiger partial charge in [0.15, 0.2) is 6.10 Å². The van der Waals surface area contributed by atoms with E-state index in [1.165, 1.54) is 6.92 Å². The zero-order chi connectivity index (χ0) is 19.5. The zero-order valence-corrected chi connectivity index (χ0v) is 15.2. The minimum atomic E-state index is -0.924. The molecule has 6 heteroatoms. The largest absolute Gasteiger partial charge is 0.490 e. The van der Waals surface area contributed by atoms with Crippen molar-refractivity contribution in [1.82, 2.24) is 5.32 Å². The molecule has 2 aromatic rings. The van der Waals surface area contributed by atoms with Crippen LogP contribution in [0, 0.1) is 0 Å². The lowest BCUT2D eigenvalue weighted by Crippen LogP contribution is -2.35. The topological polar surface area (TPSA) is 73.9 Å². The number of hydrogen-bond acceptors (Lipinski definition) is 5. The highest BCUT2D eigenvalue weighted by atomic mass is 16.6. The molecule has 0 heterocycles. The molecule has 0 aliphatic carbocycles. The lowest BCUT2D eigenvalue weighted by atomic mass is 10.2. The van der Waals surface area contributed by atoms with Gasteiger partial charge in [0.05, 0.1) is 0 Å². The Morgan fingerprint density at radius 2 is 1.70 bits per heavy atom. The Morgan fingerprint density at radius 3 is 2.44 bits per heavy atom. The van der Waals surface area contributed by atoms with Gasteiger partial charge in [0.2, 0.25) is 0 Å². The molecule has 2 rings (SSSR count). The van der Waals surface area contributed by atoms with E-state index < -0.39 is 18.0 Å². The highest BCUT2D eigenvalue weighted by Crippen LogP contribution is 2.20. The second-order valence-electron chi connectivity index (χ2n) is 5.59. The standard InChI is InChI=1S/C21H23NO5/c1-3-13-22-20(23)16(2)27-21(24)18-11-7-8-12-19(18)26-15-14-25-17-9-5-4-6-10-17/h3-12,16H,1,13-15H2,2H3,(H,22,23). The molecule has 0 aliphatic heterocycles. The van der Waals surface area contributed by atoms with Crippen molar-refractivity contribution in [3.63, 3.8) is 0 Å². The quantitative estimate of drug-likeness (QED) is 0.396. The summed E-state index contributed by atoms with van der Waals surface area (Å²) in [6, 6.07) is 16.1. The van der Waals surface area contributed by atoms with Gasteiger partial charge in [0, 0.05) is 6.54 Å². The molecule has 0 fully saturated rings. The molecule has 0 spiro atoms. The van der Waals surface area contributed by atoms with Gasteiger partial charge in [0.25, 0.3) is 5.91 Å². The average Bonchev–Trinajstić information content (AvgIpc) is 2.70. The number of nitrogens with one attached hydrogen (secondary N) is 1. The molecular weight excluding hydrogens is 346 g/mol. The molecule has 1 unspecified atom stereocenters. The van der Waals surface area contributed by atoms with E-state index in [0.29, 0.717) is 18.9 Å². The van der Waals surface area contributed by atoms with Gasteiger partial charge in [-0.05, 0) is 31.2 Å². The normalized spacial score (nSPS) is 11.1. The second-order valence-corrected chi connectivity index (χ2v) is 5.59. The van der Waals surface area contributed by atoms with Crippen LogP contribution in [0.15, 0.2) is 67.3 Å². The smallest absolute Gasteiger partial charge is 0.342 e. The van der Waals surface area contributed by atoms with Crippen molar-refractivity contribution >= 4 is 11.9 Å². The Hall–Kier alpha value is -3.28. The van der Waals surface area contributed by atoms with Crippen molar-refractivity contribution in [3.05, 3.63) is 72.8 Å². The van der Waals surface area contributed by atoms with Crippen LogP contribution in [0.2, 0.25) is 0 Å². The summed E-state index contributed by atoms with van der Waals surface area (Å²) < 4.78 is 16.4. The predicted octanol–water partition coefficient (Wildman–Crippen LogP) is 2.99. The maximum absolute atomic E-state index is 12.4. The van der Waals surface area contributed by atoms with Crippen molar-refractivity contribution < 1.29 is 23.8 Å². The van der Waals surface area contributed by atoms with Crippen LogP contribution in [0.1, 0.15) is 17.3 Å². The number of esters is 1. The van der Waals surface area contributed by atoms with E-state index in [1.807, 2.05) is 30.3 Å². The lowest BCUT2D eigenvalue weighted by molar-refractivity contribution is -0.128. The Labute approximate surface area is 158 Å². The summed E-state index contributed by atoms with van der Waals surface area (Å²) in [6.07, 6.45) is 0.625. The number of para-hydroxylation sites is 2. The molecule has 0 saturated heterocycles. The zero-order valence-electron chi connectivity index (χ0n) is 15.2. The summed E-state index contributed by atoms with van der Waals surface area (Å²) in [7, 11) is 0. The van der Waals surface area contributed by atoms with Crippen LogP contribution in [0.25, 0.3) is 0 Å². The molecule has 0 aliphatic rings. The van der Waals surface area contributed by atoms with Gasteiger partial charge in [-0.1, -0.05) is 36.4 Å². The van der Waals surface area contributed by atoms with E-state index in [1.54, 1.807) is 30.3 Å². The molecule has 6 nitrogen and oxygen atoms in total. The summed E-state index contributed by atoms with van der Waals surface area (Å²) in [5.74, 6) is 0.0970. The Kier molecular flexibility index (Phi) is 7.91. The summed E-state index contributed by atoms with van der Waals surface area (Å²) in [5, 5.41) is 2.58. The van der Waals surface area contributed by atoms with Gasteiger partial charge in [0.1, 0.15) is 30.3 Å². The molecule has 0 bridgehead atoms. The van der Waals surface area contributed by atoms with E-state index in [0.717, 1.165) is 5.75 Å². The van der Waals surface area contributed by atoms with Crippen molar-refractivity contribution in [3.8, 4) is 11.5 Å². The van der Waals surface area contributed by atoms with Crippen molar-refractivity contribution in [1.29, 1.82) is 0 Å². The Bertz CT molecular complexity index is 760. The fourth-order valence-corrected chi connectivity index (χ4v) is 2.18. The number of rotatable bonds is 10. The third-order valence-corrected chi connectivity index (χ3v) is 3.53. The molecule has 0 radical (unpaired) electrons. The number of amides is 1. The Balaban J connectivity index is 1.89. The maximum atomic E-state index is 12.4. The third kappa shape index (κ3) is 6.51. The molecule has 1 amide bonds. The number of ether oxygens (including phenoxy) is 3. The highest BCUT2D eigenvalue weighted by Gasteiger charge is 2.20. The summed E-state index contributed by atoms with van der Waals surface area (Å²) in [5.41, 5.74) is 0.251. The molecule has 142 valence electrons. The molecule has 27 heavy (non-hydrogen) atoms. The maximum Gasteiger partial charge on any atom is 0.342 e. The van der Waals surface area contributed by atoms with E-state index in [4.69, 9.17) is 14.2 Å². The van der Waals surface area contributed by atoms with E-state index >= 15 is 0 Å². The minimum absolute atomic E-state index is 0.251. The van der Waals surface area contributed by atoms with Crippen LogP contribution in [-0.2, 0) is 9.53 Å². The SMILES string of the molecule is C=CCNC(=O)C(C)OC(=O)c1ccccc1OCCOc1ccccc1. The molecule has 2 aromatic carbocycles. The van der Waals surface area contributed by atoms with Gasteiger partial charge in [-0.2, -0.15) is 0 Å². The number of hydrogen-bond donors (Lipinski definition) is 1. The lowest BCUT2D eigenvalue weighted by Gasteiger charge is -2.15. The van der Waals surface area contributed by atoms with Gasteiger partial charge < -0.3 is 19.5 Å². The monoisotopic (exact) mass is 369 g/mol. The Morgan fingerprint density at radius 1 is 1.04 bits per heavy atom. The van der Waals surface area contributed by atoms with Gasteiger partial charge in [-0.3, -0.25) is 4.79 Å². The second kappa shape index (κ2) is 10.7. The van der Waals surface area contributed by atoms with E-state index in [9.17, 15) is 9.59 Å². The van der Waals surface area contributed by atoms with Crippen LogP contribution in [0.3, 0.4) is 0 Å². The van der Waals surface area contributed by atoms with Gasteiger partial charge >= 0.3 is 5.97 Å². The number of carbonyl (C=O) groups is 2. The summed E-state index contributed by atoms with van der Waals surface area (Å²) in [6.45, 7) is 5.92. The fourth-order valence-electron chi connectivity index (χ4n) is 2.18. The van der Waals surface area contributed by atoms with Crippen molar-refractivity contribution in [2.24, 2.45) is 0 Å². The van der Waals surface area contributed by atoms with E-state index in [-0.39, 0.29) is 12.2 Å². The van der Waals surface area contributed by atoms with Crippen LogP contribution in [0.5, 0.6) is 11.5 Å². The first-order chi connectivity index (χ1) is 13.1. The molecule has 0 aromatic heterocycles. The predicted molar refractivity (Wildman–Crippen MR) is 102 cm³/mol. The summed E-state index contributed by atoms with van der Waals surface area (Å²) >= 11 is 0. The highest BCUT2D eigenvalue weighted by molar-refractivity contribution is 5.94. The van der Waals surface area contributed by atoms with Crippen LogP contribution >= 0.6 is 0 Å². The van der Waals surface area contributed by atoms with Crippen LogP contribution < -0.4 is 14.8 Å². The van der Waals surface area contributed by atoms with Crippen LogP contribution in [0.4, 0.5) is 0 Å². The first-order valence-corrected chi connectivity index (χ1v) is 8.61. The van der Waals surface area contributed by atoms with Crippen molar-refractivity contribution in [2.45, 2.75) is 13.0 Å². The number of benzene rings is 2. The first-order valence-electron chi connectivity index (χ1n) is 8.61. The molecule has 0 saturated carbocycles. The first kappa shape index (κ1) is 20.0. The molecule has 1 N–H and O–H groups in total. The van der Waals surface area contributed by atoms with Gasteiger partial charge in [-0.15, -0.1) is 6.58 Å². The fraction of sp³-hybridized carbons (Fsp3) is 0.238. The van der Waals surface area contributed by atoms with Gasteiger partial charge in [-0.25, -0.2) is 4.79 Å². The molecule has 1 atom stereocenters. The number of carbonyl (C=O) groups excluding carboxylic acids is 2. The average molecular weight is 369 g/mol. The molecular formula is C21H23NO5. The van der Waals surface area contributed by atoms with Crippen molar-refractivity contribution in [2.75, 3.05) is 19.8 Å². The minimum Gasteiger partial charge on any atom is -0.490 e. The third-order valence-electron chi connectivity index (χ3n) is 3.53. The van der Waals surface area contributed by atoms with E-state index in [2.05, 4.69) is 11.9 Å².